The lowest BCUT2D eigenvalue weighted by Crippen LogP contribution is -2.41. The van der Waals surface area contributed by atoms with Gasteiger partial charge in [0.25, 0.3) is 5.91 Å². The molecule has 0 radical (unpaired) electrons. The van der Waals surface area contributed by atoms with E-state index in [9.17, 15) is 9.59 Å². The largest absolute Gasteiger partial charge is 0.487 e. The molecule has 3 aliphatic heterocycles. The van der Waals surface area contributed by atoms with E-state index in [0.29, 0.717) is 54.3 Å². The van der Waals surface area contributed by atoms with Crippen LogP contribution in [0.15, 0.2) is 58.1 Å². The number of morpholine rings is 1. The Kier molecular flexibility index (Phi) is 7.40. The Morgan fingerprint density at radius 2 is 2.05 bits per heavy atom. The molecule has 190 valence electrons. The van der Waals surface area contributed by atoms with Crippen molar-refractivity contribution in [2.75, 3.05) is 26.3 Å². The van der Waals surface area contributed by atoms with Gasteiger partial charge >= 0.3 is 0 Å². The zero-order valence-corrected chi connectivity index (χ0v) is 21.6. The molecule has 0 spiro atoms. The first-order chi connectivity index (χ1) is 17.9. The number of aryl methyl sites for hydroxylation is 1. The van der Waals surface area contributed by atoms with E-state index >= 15 is 0 Å². The maximum Gasteiger partial charge on any atom is 0.283 e. The SMILES string of the molecule is Cc1cccc(COc2ccc(C=C3C(=N)N4N=C(CC(=O)N5CCOCC5)SC4=NC3=O)cc2Cl)c1. The van der Waals surface area contributed by atoms with Gasteiger partial charge in [-0.2, -0.15) is 15.1 Å². The van der Waals surface area contributed by atoms with Gasteiger partial charge in [-0.25, -0.2) is 0 Å². The van der Waals surface area contributed by atoms with Crippen molar-refractivity contribution in [1.82, 2.24) is 9.91 Å². The van der Waals surface area contributed by atoms with Gasteiger partial charge in [0.1, 0.15) is 17.4 Å². The maximum atomic E-state index is 12.7. The third-order valence-corrected chi connectivity index (χ3v) is 7.11. The molecule has 2 aromatic carbocycles. The van der Waals surface area contributed by atoms with Crippen molar-refractivity contribution in [3.05, 3.63) is 69.8 Å². The highest BCUT2D eigenvalue weighted by Crippen LogP contribution is 2.31. The van der Waals surface area contributed by atoms with Crippen molar-refractivity contribution in [3.63, 3.8) is 0 Å². The predicted molar refractivity (Wildman–Crippen MR) is 144 cm³/mol. The number of thioether (sulfide) groups is 1. The van der Waals surface area contributed by atoms with Crippen molar-refractivity contribution in [3.8, 4) is 5.75 Å². The summed E-state index contributed by atoms with van der Waals surface area (Å²) < 4.78 is 11.1. The number of benzene rings is 2. The first-order valence-electron chi connectivity index (χ1n) is 11.7. The van der Waals surface area contributed by atoms with Gasteiger partial charge in [0.05, 0.1) is 30.2 Å². The molecular weight excluding hydrogens is 514 g/mol. The summed E-state index contributed by atoms with van der Waals surface area (Å²) in [6, 6.07) is 13.2. The summed E-state index contributed by atoms with van der Waals surface area (Å²) in [5.74, 6) is -0.198. The zero-order valence-electron chi connectivity index (χ0n) is 20.1. The fourth-order valence-electron chi connectivity index (χ4n) is 4.01. The number of carbonyl (C=O) groups is 2. The van der Waals surface area contributed by atoms with E-state index in [1.165, 1.54) is 5.01 Å². The summed E-state index contributed by atoms with van der Waals surface area (Å²) >= 11 is 7.57. The van der Waals surface area contributed by atoms with Crippen molar-refractivity contribution in [1.29, 1.82) is 5.41 Å². The van der Waals surface area contributed by atoms with Crippen LogP contribution in [0, 0.1) is 12.3 Å². The number of amides is 2. The third-order valence-electron chi connectivity index (χ3n) is 5.91. The van der Waals surface area contributed by atoms with E-state index in [2.05, 4.69) is 10.1 Å². The number of hydrazone groups is 1. The number of rotatable bonds is 6. The van der Waals surface area contributed by atoms with Crippen LogP contribution >= 0.6 is 23.4 Å². The summed E-state index contributed by atoms with van der Waals surface area (Å²) in [7, 11) is 0. The van der Waals surface area contributed by atoms with Gasteiger partial charge in [0.2, 0.25) is 11.1 Å². The molecule has 0 saturated carbocycles. The van der Waals surface area contributed by atoms with Crippen LogP contribution in [-0.4, -0.2) is 64.1 Å². The number of halogens is 1. The smallest absolute Gasteiger partial charge is 0.283 e. The van der Waals surface area contributed by atoms with E-state index in [1.54, 1.807) is 29.2 Å². The Morgan fingerprint density at radius 3 is 2.81 bits per heavy atom. The Hall–Kier alpha value is -3.47. The minimum atomic E-state index is -0.546. The monoisotopic (exact) mass is 537 g/mol. The van der Waals surface area contributed by atoms with Gasteiger partial charge < -0.3 is 14.4 Å². The average molecular weight is 538 g/mol. The summed E-state index contributed by atoms with van der Waals surface area (Å²) in [5, 5.41) is 15.4. The second kappa shape index (κ2) is 10.9. The molecule has 11 heteroatoms. The summed E-state index contributed by atoms with van der Waals surface area (Å²) in [4.78, 5) is 31.1. The highest BCUT2D eigenvalue weighted by molar-refractivity contribution is 8.27. The number of hydrogen-bond donors (Lipinski definition) is 1. The first kappa shape index (κ1) is 25.2. The fraction of sp³-hybridized carbons (Fsp3) is 0.269. The number of hydrogen-bond acceptors (Lipinski definition) is 7. The number of ether oxygens (including phenoxy) is 2. The molecule has 0 aliphatic carbocycles. The molecule has 1 fully saturated rings. The lowest BCUT2D eigenvalue weighted by Gasteiger charge is -2.26. The summed E-state index contributed by atoms with van der Waals surface area (Å²) in [6.07, 6.45) is 1.64. The Morgan fingerprint density at radius 1 is 1.24 bits per heavy atom. The zero-order chi connectivity index (χ0) is 25.9. The fourth-order valence-corrected chi connectivity index (χ4v) is 5.13. The van der Waals surface area contributed by atoms with Crippen molar-refractivity contribution >= 4 is 57.3 Å². The van der Waals surface area contributed by atoms with Gasteiger partial charge in [0, 0.05) is 13.1 Å². The Bertz CT molecular complexity index is 1370. The van der Waals surface area contributed by atoms with Crippen LogP contribution < -0.4 is 4.74 Å². The second-order valence-corrected chi connectivity index (χ2v) is 10.1. The average Bonchev–Trinajstić information content (AvgIpc) is 3.29. The molecule has 2 aromatic rings. The van der Waals surface area contributed by atoms with Crippen LogP contribution in [0.25, 0.3) is 6.08 Å². The number of nitrogens with one attached hydrogen (secondary N) is 1. The molecule has 9 nitrogen and oxygen atoms in total. The number of fused-ring (bicyclic) bond motifs is 1. The van der Waals surface area contributed by atoms with Gasteiger partial charge in [-0.15, -0.1) is 0 Å². The van der Waals surface area contributed by atoms with E-state index in [0.717, 1.165) is 22.9 Å². The van der Waals surface area contributed by atoms with Crippen molar-refractivity contribution in [2.24, 2.45) is 10.1 Å². The molecular formula is C26H24ClN5O4S. The van der Waals surface area contributed by atoms with Gasteiger partial charge in [-0.1, -0.05) is 47.5 Å². The molecule has 5 rings (SSSR count). The molecule has 2 amide bonds. The molecule has 37 heavy (non-hydrogen) atoms. The quantitative estimate of drug-likeness (QED) is 0.556. The van der Waals surface area contributed by atoms with E-state index in [-0.39, 0.29) is 28.9 Å². The molecule has 3 heterocycles. The predicted octanol–water partition coefficient (Wildman–Crippen LogP) is 4.10. The third kappa shape index (κ3) is 5.76. The van der Waals surface area contributed by atoms with Gasteiger partial charge in [-0.3, -0.25) is 15.0 Å². The highest BCUT2D eigenvalue weighted by atomic mass is 35.5. The molecule has 0 bridgehead atoms. The molecule has 0 aromatic heterocycles. The number of carbonyl (C=O) groups excluding carboxylic acids is 2. The lowest BCUT2D eigenvalue weighted by molar-refractivity contribution is -0.133. The number of nitrogens with zero attached hydrogens (tertiary/aromatic N) is 4. The van der Waals surface area contributed by atoms with Crippen molar-refractivity contribution in [2.45, 2.75) is 20.0 Å². The number of aliphatic imine (C=N–C) groups is 1. The van der Waals surface area contributed by atoms with Crippen LogP contribution in [-0.2, 0) is 20.9 Å². The van der Waals surface area contributed by atoms with Gasteiger partial charge in [0.15, 0.2) is 5.84 Å². The van der Waals surface area contributed by atoms with Crippen LogP contribution in [0.2, 0.25) is 5.02 Å². The topological polar surface area (TPSA) is 108 Å². The first-order valence-corrected chi connectivity index (χ1v) is 12.9. The lowest BCUT2D eigenvalue weighted by atomic mass is 10.1. The van der Waals surface area contributed by atoms with Crippen LogP contribution in [0.4, 0.5) is 0 Å². The molecule has 1 N–H and O–H groups in total. The Labute approximate surface area is 223 Å². The normalized spacial score (nSPS) is 18.6. The minimum Gasteiger partial charge on any atom is -0.487 e. The standard InChI is InChI=1S/C26H24ClN5O4S/c1-16-3-2-4-18(11-16)15-36-21-6-5-17(13-20(21)27)12-19-24(28)32-26(29-25(19)34)37-22(30-32)14-23(33)31-7-9-35-10-8-31/h2-6,11-13,28H,7-10,14-15H2,1H3. The maximum absolute atomic E-state index is 12.7. The van der Waals surface area contributed by atoms with E-state index < -0.39 is 5.91 Å². The van der Waals surface area contributed by atoms with Crippen molar-refractivity contribution < 1.29 is 19.1 Å². The number of amidine groups is 2. The van der Waals surface area contributed by atoms with Crippen LogP contribution in [0.3, 0.4) is 0 Å². The molecule has 0 unspecified atom stereocenters. The molecule has 0 atom stereocenters. The molecule has 1 saturated heterocycles. The van der Waals surface area contributed by atoms with E-state index in [1.807, 2.05) is 31.2 Å². The minimum absolute atomic E-state index is 0.0667. The van der Waals surface area contributed by atoms with E-state index in [4.69, 9.17) is 26.5 Å². The van der Waals surface area contributed by atoms with Crippen LogP contribution in [0.1, 0.15) is 23.1 Å². The summed E-state index contributed by atoms with van der Waals surface area (Å²) in [6.45, 7) is 4.52. The summed E-state index contributed by atoms with van der Waals surface area (Å²) in [5.41, 5.74) is 2.89. The van der Waals surface area contributed by atoms with Gasteiger partial charge in [-0.05, 0) is 48.0 Å². The van der Waals surface area contributed by atoms with Crippen LogP contribution in [0.5, 0.6) is 5.75 Å². The Balaban J connectivity index is 1.27. The second-order valence-electron chi connectivity index (χ2n) is 8.65. The highest BCUT2D eigenvalue weighted by Gasteiger charge is 2.36. The molecule has 3 aliphatic rings.